The van der Waals surface area contributed by atoms with E-state index < -0.39 is 21.9 Å². The fraction of sp³-hybridized carbons (Fsp3) is 0.556. The van der Waals surface area contributed by atoms with Crippen molar-refractivity contribution in [2.75, 3.05) is 5.75 Å². The molecule has 0 aliphatic rings. The normalized spacial score (nSPS) is 10.5. The van der Waals surface area contributed by atoms with Crippen molar-refractivity contribution >= 4 is 18.3 Å². The zero-order valence-electron chi connectivity index (χ0n) is 9.33. The zero-order chi connectivity index (χ0) is 13.0. The van der Waals surface area contributed by atoms with Crippen LogP contribution in [-0.4, -0.2) is 19.8 Å². The van der Waals surface area contributed by atoms with Gasteiger partial charge in [0.1, 0.15) is 0 Å². The van der Waals surface area contributed by atoms with E-state index in [9.17, 15) is 19.7 Å². The first-order valence-electron chi connectivity index (χ1n) is 5.12. The highest BCUT2D eigenvalue weighted by molar-refractivity contribution is 7.80. The number of nitrogens with zero attached hydrogens (tertiary/aromatic N) is 3. The number of aromatic nitrogens is 2. The Morgan fingerprint density at radius 1 is 1.47 bits per heavy atom. The number of nitro groups is 1. The summed E-state index contributed by atoms with van der Waals surface area (Å²) < 4.78 is 2.04. The maximum atomic E-state index is 11.8. The van der Waals surface area contributed by atoms with E-state index in [1.807, 2.05) is 0 Å². The minimum atomic E-state index is -0.855. The van der Waals surface area contributed by atoms with Gasteiger partial charge in [0.15, 0.2) is 0 Å². The number of aryl methyl sites for hydroxylation is 1. The summed E-state index contributed by atoms with van der Waals surface area (Å²) in [6, 6.07) is 0. The molecule has 0 aromatic carbocycles. The predicted molar refractivity (Wildman–Crippen MR) is 65.8 cm³/mol. The van der Waals surface area contributed by atoms with E-state index in [4.69, 9.17) is 0 Å². The number of thiol groups is 1. The summed E-state index contributed by atoms with van der Waals surface area (Å²) in [5.41, 5.74) is -1.96. The van der Waals surface area contributed by atoms with Crippen molar-refractivity contribution in [3.8, 4) is 0 Å². The highest BCUT2D eigenvalue weighted by atomic mass is 32.1. The molecule has 0 saturated carbocycles. The van der Waals surface area contributed by atoms with Crippen molar-refractivity contribution in [1.82, 2.24) is 9.13 Å². The van der Waals surface area contributed by atoms with Crippen LogP contribution in [0.4, 0.5) is 5.69 Å². The third-order valence-corrected chi connectivity index (χ3v) is 2.61. The lowest BCUT2D eigenvalue weighted by molar-refractivity contribution is -0.387. The Balaban J connectivity index is 3.45. The van der Waals surface area contributed by atoms with Crippen molar-refractivity contribution < 1.29 is 4.92 Å². The summed E-state index contributed by atoms with van der Waals surface area (Å²) in [6.07, 6.45) is 1.49. The molecule has 0 saturated heterocycles. The van der Waals surface area contributed by atoms with Gasteiger partial charge in [0.25, 0.3) is 0 Å². The van der Waals surface area contributed by atoms with Crippen LogP contribution in [0, 0.1) is 10.1 Å². The van der Waals surface area contributed by atoms with Crippen LogP contribution in [0.15, 0.2) is 15.8 Å². The second kappa shape index (κ2) is 5.67. The van der Waals surface area contributed by atoms with Gasteiger partial charge in [-0.15, -0.1) is 0 Å². The maximum absolute atomic E-state index is 11.8. The Morgan fingerprint density at radius 3 is 2.59 bits per heavy atom. The minimum Gasteiger partial charge on any atom is -0.294 e. The third-order valence-electron chi connectivity index (χ3n) is 2.30. The summed E-state index contributed by atoms with van der Waals surface area (Å²) in [6.45, 7) is 2.10. The minimum absolute atomic E-state index is 0.142. The summed E-state index contributed by atoms with van der Waals surface area (Å²) in [5, 5.41) is 10.7. The summed E-state index contributed by atoms with van der Waals surface area (Å²) in [5.74, 6) is 0.501. The lowest BCUT2D eigenvalue weighted by Gasteiger charge is -2.07. The molecule has 94 valence electrons. The van der Waals surface area contributed by atoms with Gasteiger partial charge in [-0.3, -0.25) is 24.0 Å². The van der Waals surface area contributed by atoms with Crippen molar-refractivity contribution in [1.29, 1.82) is 0 Å². The highest BCUT2D eigenvalue weighted by Gasteiger charge is 2.18. The molecule has 1 aromatic heterocycles. The van der Waals surface area contributed by atoms with Gasteiger partial charge in [0.05, 0.1) is 11.1 Å². The van der Waals surface area contributed by atoms with Gasteiger partial charge in [-0.2, -0.15) is 12.6 Å². The largest absolute Gasteiger partial charge is 0.350 e. The molecule has 7 nitrogen and oxygen atoms in total. The lowest BCUT2D eigenvalue weighted by atomic mass is 10.4. The Kier molecular flexibility index (Phi) is 4.50. The molecular weight excluding hydrogens is 246 g/mol. The fourth-order valence-electron chi connectivity index (χ4n) is 1.42. The van der Waals surface area contributed by atoms with Gasteiger partial charge in [0.2, 0.25) is 0 Å². The topological polar surface area (TPSA) is 87.1 Å². The van der Waals surface area contributed by atoms with E-state index in [0.717, 1.165) is 15.3 Å². The van der Waals surface area contributed by atoms with Crippen LogP contribution in [0.25, 0.3) is 0 Å². The summed E-state index contributed by atoms with van der Waals surface area (Å²) in [7, 11) is 0. The third kappa shape index (κ3) is 2.76. The van der Waals surface area contributed by atoms with Crippen molar-refractivity contribution in [3.63, 3.8) is 0 Å². The highest BCUT2D eigenvalue weighted by Crippen LogP contribution is 2.00. The van der Waals surface area contributed by atoms with Crippen molar-refractivity contribution in [2.24, 2.45) is 0 Å². The quantitative estimate of drug-likeness (QED) is 0.466. The second-order valence-electron chi connectivity index (χ2n) is 3.37. The standard InChI is InChI=1S/C9H13N3O4S/c1-2-10-6-7(12(15)16)8(13)11(9(10)14)4-3-5-17/h6,17H,2-5H2,1H3. The van der Waals surface area contributed by atoms with Crippen LogP contribution >= 0.6 is 12.6 Å². The molecule has 0 atom stereocenters. The van der Waals surface area contributed by atoms with Crippen LogP contribution in [0.1, 0.15) is 13.3 Å². The van der Waals surface area contributed by atoms with Gasteiger partial charge in [0, 0.05) is 13.1 Å². The molecule has 0 spiro atoms. The molecule has 0 aliphatic carbocycles. The second-order valence-corrected chi connectivity index (χ2v) is 3.82. The average molecular weight is 259 g/mol. The van der Waals surface area contributed by atoms with Crippen LogP contribution in [0.5, 0.6) is 0 Å². The number of hydrogen-bond donors (Lipinski definition) is 1. The monoisotopic (exact) mass is 259 g/mol. The van der Waals surface area contributed by atoms with Gasteiger partial charge < -0.3 is 0 Å². The Morgan fingerprint density at radius 2 is 2.12 bits per heavy atom. The first kappa shape index (κ1) is 13.5. The molecule has 8 heteroatoms. The van der Waals surface area contributed by atoms with Gasteiger partial charge in [-0.1, -0.05) is 0 Å². The van der Waals surface area contributed by atoms with Crippen molar-refractivity contribution in [3.05, 3.63) is 37.1 Å². The maximum Gasteiger partial charge on any atom is 0.350 e. The molecule has 1 aromatic rings. The lowest BCUT2D eigenvalue weighted by Crippen LogP contribution is -2.40. The first-order chi connectivity index (χ1) is 8.02. The average Bonchev–Trinajstić information content (AvgIpc) is 2.29. The first-order valence-corrected chi connectivity index (χ1v) is 5.75. The van der Waals surface area contributed by atoms with E-state index >= 15 is 0 Å². The Hall–Kier alpha value is -1.57. The molecule has 0 radical (unpaired) electrons. The van der Waals surface area contributed by atoms with Gasteiger partial charge in [-0.25, -0.2) is 4.79 Å². The molecular formula is C9H13N3O4S. The molecule has 0 amide bonds. The number of hydrogen-bond acceptors (Lipinski definition) is 5. The van der Waals surface area contributed by atoms with Gasteiger partial charge in [-0.05, 0) is 19.1 Å². The SMILES string of the molecule is CCn1cc([N+](=O)[O-])c(=O)n(CCCS)c1=O. The molecule has 0 bridgehead atoms. The van der Waals surface area contributed by atoms with Crippen LogP contribution in [0.3, 0.4) is 0 Å². The number of rotatable bonds is 5. The molecule has 1 heterocycles. The molecule has 0 unspecified atom stereocenters. The Labute approximate surface area is 102 Å². The van der Waals surface area contributed by atoms with E-state index in [2.05, 4.69) is 12.6 Å². The van der Waals surface area contributed by atoms with Crippen LogP contribution < -0.4 is 11.2 Å². The molecule has 17 heavy (non-hydrogen) atoms. The Bertz CT molecular complexity index is 534. The molecule has 0 N–H and O–H groups in total. The summed E-state index contributed by atoms with van der Waals surface area (Å²) >= 11 is 3.98. The smallest absolute Gasteiger partial charge is 0.294 e. The van der Waals surface area contributed by atoms with Crippen LogP contribution in [0.2, 0.25) is 0 Å². The zero-order valence-corrected chi connectivity index (χ0v) is 10.2. The fourth-order valence-corrected chi connectivity index (χ4v) is 1.56. The van der Waals surface area contributed by atoms with E-state index in [1.165, 1.54) is 0 Å². The van der Waals surface area contributed by atoms with Crippen LogP contribution in [-0.2, 0) is 13.1 Å². The van der Waals surface area contributed by atoms with E-state index in [0.29, 0.717) is 12.2 Å². The molecule has 1 rings (SSSR count). The predicted octanol–water partition coefficient (Wildman–Crippen LogP) is 0.258. The van der Waals surface area contributed by atoms with Gasteiger partial charge >= 0.3 is 16.9 Å². The van der Waals surface area contributed by atoms with E-state index in [1.54, 1.807) is 6.92 Å². The molecule has 0 aliphatic heterocycles. The van der Waals surface area contributed by atoms with Crippen molar-refractivity contribution in [2.45, 2.75) is 26.4 Å². The molecule has 0 fully saturated rings. The van der Waals surface area contributed by atoms with E-state index in [-0.39, 0.29) is 13.1 Å². The summed E-state index contributed by atoms with van der Waals surface area (Å²) in [4.78, 5) is 33.4.